The number of unbranched alkanes of at least 4 members (excludes halogenated alkanes) is 3. The van der Waals surface area contributed by atoms with Crippen LogP contribution in [-0.4, -0.2) is 0 Å². The SMILES string of the molecule is CCCCCCC1C(C)=C(Cl)c2ccccc21. The highest BCUT2D eigenvalue weighted by Crippen LogP contribution is 2.45. The molecule has 1 unspecified atom stereocenters. The summed E-state index contributed by atoms with van der Waals surface area (Å²) < 4.78 is 0. The molecule has 0 N–H and O–H groups in total. The molecule has 0 radical (unpaired) electrons. The Labute approximate surface area is 110 Å². The molecule has 1 aromatic rings. The number of allylic oxidation sites excluding steroid dienone is 1. The summed E-state index contributed by atoms with van der Waals surface area (Å²) in [6.07, 6.45) is 6.56. The van der Waals surface area contributed by atoms with Crippen molar-refractivity contribution in [2.75, 3.05) is 0 Å². The molecule has 0 spiro atoms. The number of hydrogen-bond donors (Lipinski definition) is 0. The third-order valence-electron chi connectivity index (χ3n) is 3.79. The first-order valence-corrected chi connectivity index (χ1v) is 7.09. The van der Waals surface area contributed by atoms with E-state index in [0.717, 1.165) is 5.03 Å². The second-order valence-corrected chi connectivity index (χ2v) is 5.36. The number of halogens is 1. The maximum absolute atomic E-state index is 6.41. The minimum absolute atomic E-state index is 0.565. The molecule has 0 fully saturated rings. The van der Waals surface area contributed by atoms with Crippen LogP contribution in [0.15, 0.2) is 29.8 Å². The largest absolute Gasteiger partial charge is 0.0837 e. The average Bonchev–Trinajstić information content (AvgIpc) is 2.60. The highest BCUT2D eigenvalue weighted by atomic mass is 35.5. The van der Waals surface area contributed by atoms with E-state index in [1.54, 1.807) is 0 Å². The maximum Gasteiger partial charge on any atom is 0.0476 e. The van der Waals surface area contributed by atoms with Crippen LogP contribution in [0.3, 0.4) is 0 Å². The van der Waals surface area contributed by atoms with E-state index < -0.39 is 0 Å². The van der Waals surface area contributed by atoms with Gasteiger partial charge in [0.15, 0.2) is 0 Å². The third kappa shape index (κ3) is 2.57. The van der Waals surface area contributed by atoms with Crippen LogP contribution in [0.1, 0.15) is 63.0 Å². The average molecular weight is 249 g/mol. The predicted molar refractivity (Wildman–Crippen MR) is 76.4 cm³/mol. The Bertz CT molecular complexity index is 417. The Morgan fingerprint density at radius 1 is 1.12 bits per heavy atom. The van der Waals surface area contributed by atoms with E-state index in [1.165, 1.54) is 48.8 Å². The molecule has 92 valence electrons. The van der Waals surface area contributed by atoms with Crippen molar-refractivity contribution >= 4 is 16.6 Å². The fourth-order valence-corrected chi connectivity index (χ4v) is 3.05. The zero-order chi connectivity index (χ0) is 12.3. The normalized spacial score (nSPS) is 18.6. The molecule has 1 aromatic carbocycles. The molecule has 1 atom stereocenters. The summed E-state index contributed by atoms with van der Waals surface area (Å²) >= 11 is 6.41. The molecule has 0 aromatic heterocycles. The Morgan fingerprint density at radius 3 is 2.65 bits per heavy atom. The molecular formula is C16H21Cl. The van der Waals surface area contributed by atoms with Gasteiger partial charge < -0.3 is 0 Å². The second-order valence-electron chi connectivity index (χ2n) is 4.99. The van der Waals surface area contributed by atoms with Crippen molar-refractivity contribution in [2.24, 2.45) is 0 Å². The molecule has 0 heterocycles. The van der Waals surface area contributed by atoms with Crippen LogP contribution < -0.4 is 0 Å². The van der Waals surface area contributed by atoms with Crippen LogP contribution in [0.2, 0.25) is 0 Å². The molecule has 0 bridgehead atoms. The maximum atomic E-state index is 6.41. The lowest BCUT2D eigenvalue weighted by molar-refractivity contribution is 0.596. The molecule has 1 heteroatoms. The van der Waals surface area contributed by atoms with Crippen molar-refractivity contribution in [3.63, 3.8) is 0 Å². The third-order valence-corrected chi connectivity index (χ3v) is 4.29. The molecule has 0 saturated carbocycles. The predicted octanol–water partition coefficient (Wildman–Crippen LogP) is 5.72. The quantitative estimate of drug-likeness (QED) is 0.584. The summed E-state index contributed by atoms with van der Waals surface area (Å²) in [6, 6.07) is 8.58. The molecule has 1 aliphatic carbocycles. The minimum atomic E-state index is 0.565. The Hall–Kier alpha value is -0.750. The number of fused-ring (bicyclic) bond motifs is 1. The van der Waals surface area contributed by atoms with E-state index in [-0.39, 0.29) is 0 Å². The molecule has 0 saturated heterocycles. The van der Waals surface area contributed by atoms with Crippen LogP contribution in [0.5, 0.6) is 0 Å². The molecule has 0 aliphatic heterocycles. The zero-order valence-electron chi connectivity index (χ0n) is 10.8. The summed E-state index contributed by atoms with van der Waals surface area (Å²) in [5, 5.41) is 0.987. The fraction of sp³-hybridized carbons (Fsp3) is 0.500. The zero-order valence-corrected chi connectivity index (χ0v) is 11.6. The first kappa shape index (κ1) is 12.7. The van der Waals surface area contributed by atoms with E-state index in [0.29, 0.717) is 5.92 Å². The van der Waals surface area contributed by atoms with E-state index in [1.807, 2.05) is 0 Å². The fourth-order valence-electron chi connectivity index (χ4n) is 2.75. The van der Waals surface area contributed by atoms with Crippen LogP contribution in [0, 0.1) is 0 Å². The van der Waals surface area contributed by atoms with Gasteiger partial charge in [0.1, 0.15) is 0 Å². The van der Waals surface area contributed by atoms with Crippen molar-refractivity contribution < 1.29 is 0 Å². The van der Waals surface area contributed by atoms with Gasteiger partial charge in [0.2, 0.25) is 0 Å². The summed E-state index contributed by atoms with van der Waals surface area (Å²) in [5.74, 6) is 0.565. The summed E-state index contributed by atoms with van der Waals surface area (Å²) in [4.78, 5) is 0. The van der Waals surface area contributed by atoms with Crippen molar-refractivity contribution in [1.82, 2.24) is 0 Å². The molecule has 0 amide bonds. The number of rotatable bonds is 5. The first-order chi connectivity index (χ1) is 8.25. The van der Waals surface area contributed by atoms with E-state index in [2.05, 4.69) is 38.1 Å². The molecule has 1 aliphatic rings. The van der Waals surface area contributed by atoms with Crippen molar-refractivity contribution in [1.29, 1.82) is 0 Å². The Morgan fingerprint density at radius 2 is 1.88 bits per heavy atom. The Kier molecular flexibility index (Phi) is 4.28. The van der Waals surface area contributed by atoms with Crippen LogP contribution in [-0.2, 0) is 0 Å². The van der Waals surface area contributed by atoms with E-state index >= 15 is 0 Å². The van der Waals surface area contributed by atoms with Crippen molar-refractivity contribution in [3.05, 3.63) is 41.0 Å². The monoisotopic (exact) mass is 248 g/mol. The standard InChI is InChI=1S/C16H21Cl/c1-3-4-5-6-9-13-12(2)16(17)15-11-8-7-10-14(13)15/h7-8,10-11,13H,3-6,9H2,1-2H3. The lowest BCUT2D eigenvalue weighted by Gasteiger charge is -2.13. The van der Waals surface area contributed by atoms with Gasteiger partial charge in [-0.05, 0) is 30.0 Å². The molecular weight excluding hydrogens is 228 g/mol. The van der Waals surface area contributed by atoms with Crippen LogP contribution in [0.25, 0.3) is 5.03 Å². The highest BCUT2D eigenvalue weighted by Gasteiger charge is 2.26. The van der Waals surface area contributed by atoms with Crippen LogP contribution in [0.4, 0.5) is 0 Å². The molecule has 17 heavy (non-hydrogen) atoms. The van der Waals surface area contributed by atoms with Gasteiger partial charge in [0, 0.05) is 11.0 Å². The lowest BCUT2D eigenvalue weighted by Crippen LogP contribution is -1.97. The second kappa shape index (κ2) is 5.73. The van der Waals surface area contributed by atoms with Crippen molar-refractivity contribution in [3.8, 4) is 0 Å². The summed E-state index contributed by atoms with van der Waals surface area (Å²) in [5.41, 5.74) is 4.06. The van der Waals surface area contributed by atoms with Gasteiger partial charge in [0.25, 0.3) is 0 Å². The van der Waals surface area contributed by atoms with Gasteiger partial charge in [0.05, 0.1) is 0 Å². The number of hydrogen-bond acceptors (Lipinski definition) is 0. The highest BCUT2D eigenvalue weighted by molar-refractivity contribution is 6.50. The van der Waals surface area contributed by atoms with Crippen molar-refractivity contribution in [2.45, 2.75) is 51.9 Å². The molecule has 2 rings (SSSR count). The van der Waals surface area contributed by atoms with Gasteiger partial charge >= 0.3 is 0 Å². The van der Waals surface area contributed by atoms with Gasteiger partial charge in [-0.25, -0.2) is 0 Å². The number of benzene rings is 1. The smallest absolute Gasteiger partial charge is 0.0476 e. The van der Waals surface area contributed by atoms with Gasteiger partial charge in [-0.3, -0.25) is 0 Å². The first-order valence-electron chi connectivity index (χ1n) is 6.71. The van der Waals surface area contributed by atoms with Crippen LogP contribution >= 0.6 is 11.6 Å². The summed E-state index contributed by atoms with van der Waals surface area (Å²) in [6.45, 7) is 4.44. The lowest BCUT2D eigenvalue weighted by atomic mass is 9.91. The van der Waals surface area contributed by atoms with Gasteiger partial charge in [-0.15, -0.1) is 0 Å². The van der Waals surface area contributed by atoms with E-state index in [9.17, 15) is 0 Å². The topological polar surface area (TPSA) is 0 Å². The summed E-state index contributed by atoms with van der Waals surface area (Å²) in [7, 11) is 0. The Balaban J connectivity index is 2.08. The van der Waals surface area contributed by atoms with Gasteiger partial charge in [-0.2, -0.15) is 0 Å². The molecule has 0 nitrogen and oxygen atoms in total. The van der Waals surface area contributed by atoms with E-state index in [4.69, 9.17) is 11.6 Å². The van der Waals surface area contributed by atoms with Gasteiger partial charge in [-0.1, -0.05) is 68.5 Å². The minimum Gasteiger partial charge on any atom is -0.0837 e.